The van der Waals surface area contributed by atoms with Crippen LogP contribution in [0.4, 0.5) is 10.1 Å². The summed E-state index contributed by atoms with van der Waals surface area (Å²) in [5.41, 5.74) is 1.78. The molecular formula is C25H23FN2O5S. The summed E-state index contributed by atoms with van der Waals surface area (Å²) in [6.45, 7) is 1.66. The first-order chi connectivity index (χ1) is 16.4. The fourth-order valence-electron chi connectivity index (χ4n) is 4.30. The van der Waals surface area contributed by atoms with E-state index >= 15 is 0 Å². The summed E-state index contributed by atoms with van der Waals surface area (Å²) in [7, 11) is -3.87. The fraction of sp³-hybridized carbons (Fsp3) is 0.240. The Hall–Kier alpha value is -3.59. The molecule has 1 saturated heterocycles. The number of fused-ring (bicyclic) bond motifs is 1. The summed E-state index contributed by atoms with van der Waals surface area (Å²) in [6.07, 6.45) is 1.74. The first kappa shape index (κ1) is 22.2. The molecule has 0 radical (unpaired) electrons. The number of hydrogen-bond acceptors (Lipinski definition) is 5. The normalized spacial score (nSPS) is 17.4. The maximum atomic E-state index is 13.3. The number of anilines is 1. The van der Waals surface area contributed by atoms with Gasteiger partial charge in [0.15, 0.2) is 11.5 Å². The lowest BCUT2D eigenvalue weighted by atomic mass is 10.0. The van der Waals surface area contributed by atoms with E-state index in [2.05, 4.69) is 4.72 Å². The Labute approximate surface area is 197 Å². The van der Waals surface area contributed by atoms with Crippen LogP contribution in [0.2, 0.25) is 0 Å². The highest BCUT2D eigenvalue weighted by Gasteiger charge is 2.31. The maximum absolute atomic E-state index is 13.3. The molecule has 0 unspecified atom stereocenters. The van der Waals surface area contributed by atoms with Crippen LogP contribution in [0, 0.1) is 5.82 Å². The van der Waals surface area contributed by atoms with E-state index in [1.54, 1.807) is 24.3 Å². The number of rotatable bonds is 5. The maximum Gasteiger partial charge on any atom is 0.261 e. The van der Waals surface area contributed by atoms with Crippen molar-refractivity contribution in [2.24, 2.45) is 0 Å². The fourth-order valence-corrected chi connectivity index (χ4v) is 5.36. The zero-order chi connectivity index (χ0) is 23.7. The van der Waals surface area contributed by atoms with Crippen molar-refractivity contribution < 1.29 is 27.1 Å². The minimum Gasteiger partial charge on any atom is -0.486 e. The number of carbonyl (C=O) groups excluding carboxylic acids is 1. The zero-order valence-corrected chi connectivity index (χ0v) is 19.1. The molecule has 1 atom stereocenters. The molecule has 7 nitrogen and oxygen atoms in total. The molecule has 176 valence electrons. The molecule has 1 amide bonds. The molecule has 0 bridgehead atoms. The van der Waals surface area contributed by atoms with Crippen molar-refractivity contribution in [2.75, 3.05) is 24.5 Å². The molecule has 3 aromatic rings. The Morgan fingerprint density at radius 2 is 1.65 bits per heavy atom. The van der Waals surface area contributed by atoms with Gasteiger partial charge in [-0.3, -0.25) is 9.52 Å². The van der Waals surface area contributed by atoms with Crippen molar-refractivity contribution in [2.45, 2.75) is 23.8 Å². The summed E-state index contributed by atoms with van der Waals surface area (Å²) >= 11 is 0. The number of sulfonamides is 1. The third kappa shape index (κ3) is 4.43. The Morgan fingerprint density at radius 3 is 2.38 bits per heavy atom. The van der Waals surface area contributed by atoms with Gasteiger partial charge in [0.2, 0.25) is 0 Å². The summed E-state index contributed by atoms with van der Waals surface area (Å²) in [6, 6.07) is 16.6. The molecule has 2 heterocycles. The average Bonchev–Trinajstić information content (AvgIpc) is 3.34. The van der Waals surface area contributed by atoms with Gasteiger partial charge in [-0.15, -0.1) is 0 Å². The number of benzene rings is 3. The molecule has 9 heteroatoms. The van der Waals surface area contributed by atoms with Crippen LogP contribution in [0.3, 0.4) is 0 Å². The van der Waals surface area contributed by atoms with Gasteiger partial charge in [0.05, 0.1) is 10.9 Å². The van der Waals surface area contributed by atoms with E-state index < -0.39 is 15.8 Å². The highest BCUT2D eigenvalue weighted by Crippen LogP contribution is 2.38. The lowest BCUT2D eigenvalue weighted by molar-refractivity contribution is 0.0735. The molecule has 2 aliphatic heterocycles. The lowest BCUT2D eigenvalue weighted by Gasteiger charge is -2.27. The number of likely N-dealkylation sites (tertiary alicyclic amines) is 1. The number of hydrogen-bond donors (Lipinski definition) is 1. The minimum atomic E-state index is -3.87. The van der Waals surface area contributed by atoms with E-state index in [0.29, 0.717) is 42.5 Å². The largest absolute Gasteiger partial charge is 0.486 e. The number of nitrogens with zero attached hydrogens (tertiary/aromatic N) is 1. The first-order valence-corrected chi connectivity index (χ1v) is 12.5. The zero-order valence-electron chi connectivity index (χ0n) is 18.2. The molecule has 0 aliphatic carbocycles. The lowest BCUT2D eigenvalue weighted by Crippen LogP contribution is -2.30. The van der Waals surface area contributed by atoms with Crippen LogP contribution in [0.25, 0.3) is 0 Å². The smallest absolute Gasteiger partial charge is 0.261 e. The second kappa shape index (κ2) is 8.98. The van der Waals surface area contributed by atoms with Crippen LogP contribution in [-0.4, -0.2) is 39.0 Å². The molecule has 5 rings (SSSR count). The predicted octanol–water partition coefficient (Wildman–Crippen LogP) is 4.38. The Balaban J connectivity index is 1.31. The van der Waals surface area contributed by atoms with Crippen molar-refractivity contribution in [1.29, 1.82) is 0 Å². The van der Waals surface area contributed by atoms with Crippen molar-refractivity contribution in [3.05, 3.63) is 83.7 Å². The second-order valence-electron chi connectivity index (χ2n) is 8.20. The number of halogens is 1. The van der Waals surface area contributed by atoms with Gasteiger partial charge < -0.3 is 14.4 Å². The standard InChI is InChI=1S/C25H23FN2O5S/c26-19-6-10-21(11-7-19)34(30,31)27-20-8-3-17(4-9-20)25(29)28-13-1-2-22(28)18-5-12-23-24(16-18)33-15-14-32-23/h3-12,16,22,27H,1-2,13-15H2/t22-/m1/s1. The minimum absolute atomic E-state index is 0.0478. The highest BCUT2D eigenvalue weighted by atomic mass is 32.2. The van der Waals surface area contributed by atoms with Crippen molar-refractivity contribution in [3.63, 3.8) is 0 Å². The topological polar surface area (TPSA) is 84.9 Å². The molecule has 0 spiro atoms. The SMILES string of the molecule is O=C(c1ccc(NS(=O)(=O)c2ccc(F)cc2)cc1)N1CCC[C@@H]1c1ccc2c(c1)OCCO2. The van der Waals surface area contributed by atoms with Crippen LogP contribution in [-0.2, 0) is 10.0 Å². The Morgan fingerprint density at radius 1 is 0.941 bits per heavy atom. The molecule has 0 aromatic heterocycles. The van der Waals surface area contributed by atoms with Gasteiger partial charge >= 0.3 is 0 Å². The van der Waals surface area contributed by atoms with E-state index in [4.69, 9.17) is 9.47 Å². The molecule has 2 aliphatic rings. The van der Waals surface area contributed by atoms with E-state index in [1.807, 2.05) is 23.1 Å². The van der Waals surface area contributed by atoms with Gasteiger partial charge in [-0.05, 0) is 79.1 Å². The van der Waals surface area contributed by atoms with Gasteiger partial charge in [0.25, 0.3) is 15.9 Å². The summed E-state index contributed by atoms with van der Waals surface area (Å²) < 4.78 is 51.9. The van der Waals surface area contributed by atoms with Crippen molar-refractivity contribution in [3.8, 4) is 11.5 Å². The van der Waals surface area contributed by atoms with E-state index in [1.165, 1.54) is 12.1 Å². The molecule has 1 fully saturated rings. The molecule has 3 aromatic carbocycles. The molecule has 34 heavy (non-hydrogen) atoms. The quantitative estimate of drug-likeness (QED) is 0.584. The van der Waals surface area contributed by atoms with Crippen molar-refractivity contribution >= 4 is 21.6 Å². The number of amides is 1. The third-order valence-corrected chi connectivity index (χ3v) is 7.37. The van der Waals surface area contributed by atoms with Gasteiger partial charge in [-0.25, -0.2) is 12.8 Å². The molecular weight excluding hydrogens is 459 g/mol. The third-order valence-electron chi connectivity index (χ3n) is 5.97. The van der Waals surface area contributed by atoms with Crippen molar-refractivity contribution in [1.82, 2.24) is 4.90 Å². The Kier molecular flexibility index (Phi) is 5.87. The number of nitrogens with one attached hydrogen (secondary N) is 1. The van der Waals surface area contributed by atoms with Gasteiger partial charge in [-0.2, -0.15) is 0 Å². The molecule has 0 saturated carbocycles. The summed E-state index contributed by atoms with van der Waals surface area (Å²) in [5, 5.41) is 0. The van der Waals surface area contributed by atoms with E-state index in [0.717, 1.165) is 30.5 Å². The summed E-state index contributed by atoms with van der Waals surface area (Å²) in [5.74, 6) is 0.772. The average molecular weight is 483 g/mol. The first-order valence-electron chi connectivity index (χ1n) is 11.0. The predicted molar refractivity (Wildman–Crippen MR) is 124 cm³/mol. The van der Waals surface area contributed by atoms with Gasteiger partial charge in [0, 0.05) is 17.8 Å². The van der Waals surface area contributed by atoms with E-state index in [-0.39, 0.29) is 16.8 Å². The van der Waals surface area contributed by atoms with Crippen LogP contribution in [0.15, 0.2) is 71.6 Å². The molecule has 1 N–H and O–H groups in total. The monoisotopic (exact) mass is 482 g/mol. The van der Waals surface area contributed by atoms with Crippen LogP contribution >= 0.6 is 0 Å². The van der Waals surface area contributed by atoms with Crippen LogP contribution < -0.4 is 14.2 Å². The number of carbonyl (C=O) groups is 1. The Bertz CT molecular complexity index is 1310. The highest BCUT2D eigenvalue weighted by molar-refractivity contribution is 7.92. The van der Waals surface area contributed by atoms with Crippen LogP contribution in [0.1, 0.15) is 34.8 Å². The summed E-state index contributed by atoms with van der Waals surface area (Å²) in [4.78, 5) is 15.1. The van der Waals surface area contributed by atoms with E-state index in [9.17, 15) is 17.6 Å². The van der Waals surface area contributed by atoms with Crippen LogP contribution in [0.5, 0.6) is 11.5 Å². The van der Waals surface area contributed by atoms with Gasteiger partial charge in [0.1, 0.15) is 19.0 Å². The van der Waals surface area contributed by atoms with Gasteiger partial charge in [-0.1, -0.05) is 6.07 Å². The number of ether oxygens (including phenoxy) is 2. The second-order valence-corrected chi connectivity index (χ2v) is 9.88.